The van der Waals surface area contributed by atoms with Crippen LogP contribution >= 0.6 is 0 Å². The van der Waals surface area contributed by atoms with Crippen molar-refractivity contribution in [3.8, 4) is 0 Å². The van der Waals surface area contributed by atoms with Gasteiger partial charge in [-0.25, -0.2) is 4.98 Å². The third-order valence-corrected chi connectivity index (χ3v) is 2.90. The SMILES string of the molecule is NC1(C(=O)Nc2cccc(F)n2)CCCC1. The van der Waals surface area contributed by atoms with Crippen molar-refractivity contribution in [2.75, 3.05) is 5.32 Å². The smallest absolute Gasteiger partial charge is 0.245 e. The van der Waals surface area contributed by atoms with Crippen LogP contribution in [0.15, 0.2) is 18.2 Å². The summed E-state index contributed by atoms with van der Waals surface area (Å²) in [6.45, 7) is 0. The van der Waals surface area contributed by atoms with Crippen molar-refractivity contribution < 1.29 is 9.18 Å². The fraction of sp³-hybridized carbons (Fsp3) is 0.455. The number of pyridine rings is 1. The lowest BCUT2D eigenvalue weighted by Crippen LogP contribution is -2.48. The van der Waals surface area contributed by atoms with Crippen molar-refractivity contribution in [3.63, 3.8) is 0 Å². The first kappa shape index (κ1) is 11.0. The number of hydrogen-bond acceptors (Lipinski definition) is 3. The molecule has 1 amide bonds. The molecule has 4 nitrogen and oxygen atoms in total. The van der Waals surface area contributed by atoms with Gasteiger partial charge in [0.05, 0.1) is 5.54 Å². The average molecular weight is 223 g/mol. The Morgan fingerprint density at radius 2 is 2.12 bits per heavy atom. The van der Waals surface area contributed by atoms with Gasteiger partial charge >= 0.3 is 0 Å². The highest BCUT2D eigenvalue weighted by molar-refractivity contribution is 5.97. The Labute approximate surface area is 93.1 Å². The predicted molar refractivity (Wildman–Crippen MR) is 58.2 cm³/mol. The van der Waals surface area contributed by atoms with Gasteiger partial charge in [0.15, 0.2) is 0 Å². The Morgan fingerprint density at radius 1 is 1.44 bits per heavy atom. The molecule has 0 atom stereocenters. The number of nitrogens with zero attached hydrogens (tertiary/aromatic N) is 1. The summed E-state index contributed by atoms with van der Waals surface area (Å²) in [7, 11) is 0. The summed E-state index contributed by atoms with van der Waals surface area (Å²) >= 11 is 0. The molecule has 5 heteroatoms. The summed E-state index contributed by atoms with van der Waals surface area (Å²) in [5, 5.41) is 2.55. The minimum absolute atomic E-state index is 0.210. The third-order valence-electron chi connectivity index (χ3n) is 2.90. The van der Waals surface area contributed by atoms with Crippen LogP contribution in [0.25, 0.3) is 0 Å². The molecule has 3 N–H and O–H groups in total. The zero-order chi connectivity index (χ0) is 11.6. The largest absolute Gasteiger partial charge is 0.317 e. The minimum atomic E-state index is -0.812. The first-order chi connectivity index (χ1) is 7.60. The fourth-order valence-corrected chi connectivity index (χ4v) is 1.95. The van der Waals surface area contributed by atoms with Gasteiger partial charge in [0.2, 0.25) is 11.9 Å². The highest BCUT2D eigenvalue weighted by atomic mass is 19.1. The van der Waals surface area contributed by atoms with E-state index in [0.717, 1.165) is 12.8 Å². The molecule has 0 aliphatic heterocycles. The number of anilines is 1. The first-order valence-corrected chi connectivity index (χ1v) is 5.33. The Kier molecular flexibility index (Phi) is 2.87. The van der Waals surface area contributed by atoms with Crippen LogP contribution in [0.5, 0.6) is 0 Å². The second kappa shape index (κ2) is 4.17. The molecular weight excluding hydrogens is 209 g/mol. The molecule has 86 valence electrons. The molecule has 1 aliphatic carbocycles. The van der Waals surface area contributed by atoms with E-state index in [9.17, 15) is 9.18 Å². The van der Waals surface area contributed by atoms with E-state index in [1.54, 1.807) is 6.07 Å². The van der Waals surface area contributed by atoms with Crippen molar-refractivity contribution in [2.24, 2.45) is 5.73 Å². The van der Waals surface area contributed by atoms with E-state index in [2.05, 4.69) is 10.3 Å². The van der Waals surface area contributed by atoms with Gasteiger partial charge in [-0.2, -0.15) is 4.39 Å². The molecule has 0 bridgehead atoms. The Morgan fingerprint density at radius 3 is 2.75 bits per heavy atom. The zero-order valence-corrected chi connectivity index (χ0v) is 8.87. The normalized spacial score (nSPS) is 18.4. The second-order valence-corrected chi connectivity index (χ2v) is 4.16. The highest BCUT2D eigenvalue weighted by Crippen LogP contribution is 2.28. The molecule has 1 heterocycles. The quantitative estimate of drug-likeness (QED) is 0.745. The summed E-state index contributed by atoms with van der Waals surface area (Å²) in [5.74, 6) is -0.680. The predicted octanol–water partition coefficient (Wildman–Crippen LogP) is 1.43. The molecule has 1 aromatic heterocycles. The summed E-state index contributed by atoms with van der Waals surface area (Å²) in [5.41, 5.74) is 5.14. The van der Waals surface area contributed by atoms with Crippen LogP contribution < -0.4 is 11.1 Å². The molecule has 0 saturated heterocycles. The summed E-state index contributed by atoms with van der Waals surface area (Å²) in [6.07, 6.45) is 3.27. The number of hydrogen-bond donors (Lipinski definition) is 2. The van der Waals surface area contributed by atoms with Gasteiger partial charge in [-0.05, 0) is 25.0 Å². The highest BCUT2D eigenvalue weighted by Gasteiger charge is 2.37. The molecule has 1 saturated carbocycles. The number of nitrogens with two attached hydrogens (primary N) is 1. The number of carbonyl (C=O) groups is 1. The maximum atomic E-state index is 12.8. The summed E-state index contributed by atoms with van der Waals surface area (Å²) in [6, 6.07) is 4.26. The Balaban J connectivity index is 2.07. The van der Waals surface area contributed by atoms with Crippen LogP contribution in [-0.4, -0.2) is 16.4 Å². The second-order valence-electron chi connectivity index (χ2n) is 4.16. The number of halogens is 1. The monoisotopic (exact) mass is 223 g/mol. The fourth-order valence-electron chi connectivity index (χ4n) is 1.95. The standard InChI is InChI=1S/C11H14FN3O/c12-8-4-3-5-9(14-8)15-10(16)11(13)6-1-2-7-11/h3-5H,1-2,6-7,13H2,(H,14,15,16). The topological polar surface area (TPSA) is 68.0 Å². The molecular formula is C11H14FN3O. The lowest BCUT2D eigenvalue weighted by atomic mass is 9.98. The van der Waals surface area contributed by atoms with E-state index in [4.69, 9.17) is 5.73 Å². The lowest BCUT2D eigenvalue weighted by Gasteiger charge is -2.21. The van der Waals surface area contributed by atoms with Crippen molar-refractivity contribution in [1.82, 2.24) is 4.98 Å². The zero-order valence-electron chi connectivity index (χ0n) is 8.87. The van der Waals surface area contributed by atoms with Crippen LogP contribution in [0.4, 0.5) is 10.2 Å². The molecule has 0 unspecified atom stereocenters. The third kappa shape index (κ3) is 2.19. The first-order valence-electron chi connectivity index (χ1n) is 5.33. The van der Waals surface area contributed by atoms with E-state index in [1.165, 1.54) is 12.1 Å². The number of aromatic nitrogens is 1. The molecule has 1 aliphatic rings. The van der Waals surface area contributed by atoms with Crippen molar-refractivity contribution in [1.29, 1.82) is 0 Å². The van der Waals surface area contributed by atoms with Gasteiger partial charge in [0.25, 0.3) is 0 Å². The van der Waals surface area contributed by atoms with Crippen LogP contribution in [0.3, 0.4) is 0 Å². The van der Waals surface area contributed by atoms with Gasteiger partial charge in [0.1, 0.15) is 5.82 Å². The lowest BCUT2D eigenvalue weighted by molar-refractivity contribution is -0.121. The maximum Gasteiger partial charge on any atom is 0.245 e. The average Bonchev–Trinajstić information content (AvgIpc) is 2.66. The van der Waals surface area contributed by atoms with E-state index in [-0.39, 0.29) is 11.7 Å². The van der Waals surface area contributed by atoms with Gasteiger partial charge in [0, 0.05) is 0 Å². The minimum Gasteiger partial charge on any atom is -0.317 e. The van der Waals surface area contributed by atoms with E-state index < -0.39 is 11.5 Å². The van der Waals surface area contributed by atoms with E-state index in [0.29, 0.717) is 12.8 Å². The maximum absolute atomic E-state index is 12.8. The van der Waals surface area contributed by atoms with Gasteiger partial charge in [-0.15, -0.1) is 0 Å². The van der Waals surface area contributed by atoms with Crippen molar-refractivity contribution >= 4 is 11.7 Å². The molecule has 2 rings (SSSR count). The molecule has 1 aromatic rings. The molecule has 1 fully saturated rings. The van der Waals surface area contributed by atoms with Gasteiger partial charge < -0.3 is 11.1 Å². The van der Waals surface area contributed by atoms with Crippen LogP contribution in [0, 0.1) is 5.95 Å². The van der Waals surface area contributed by atoms with Crippen LogP contribution in [0.1, 0.15) is 25.7 Å². The molecule has 0 aromatic carbocycles. The molecule has 0 radical (unpaired) electrons. The number of carbonyl (C=O) groups excluding carboxylic acids is 1. The number of rotatable bonds is 2. The molecule has 0 spiro atoms. The summed E-state index contributed by atoms with van der Waals surface area (Å²) < 4.78 is 12.8. The van der Waals surface area contributed by atoms with E-state index in [1.807, 2.05) is 0 Å². The summed E-state index contributed by atoms with van der Waals surface area (Å²) in [4.78, 5) is 15.4. The number of amides is 1. The van der Waals surface area contributed by atoms with E-state index >= 15 is 0 Å². The van der Waals surface area contributed by atoms with Gasteiger partial charge in [-0.1, -0.05) is 18.9 Å². The Hall–Kier alpha value is -1.49. The Bertz CT molecular complexity index is 402. The molecule has 16 heavy (non-hydrogen) atoms. The van der Waals surface area contributed by atoms with Crippen LogP contribution in [-0.2, 0) is 4.79 Å². The van der Waals surface area contributed by atoms with Gasteiger partial charge in [-0.3, -0.25) is 4.79 Å². The van der Waals surface area contributed by atoms with Crippen molar-refractivity contribution in [3.05, 3.63) is 24.1 Å². The van der Waals surface area contributed by atoms with Crippen LogP contribution in [0.2, 0.25) is 0 Å². The van der Waals surface area contributed by atoms with Crippen molar-refractivity contribution in [2.45, 2.75) is 31.2 Å². The number of nitrogens with one attached hydrogen (secondary N) is 1.